The van der Waals surface area contributed by atoms with Crippen LogP contribution in [0, 0.1) is 0 Å². The lowest BCUT2D eigenvalue weighted by atomic mass is 10.1. The predicted octanol–water partition coefficient (Wildman–Crippen LogP) is 5.34. The first-order valence-electron chi connectivity index (χ1n) is 7.54. The third-order valence-electron chi connectivity index (χ3n) is 3.88. The van der Waals surface area contributed by atoms with Crippen LogP contribution in [0.25, 0.3) is 0 Å². The highest BCUT2D eigenvalue weighted by Gasteiger charge is 2.23. The van der Waals surface area contributed by atoms with Crippen LogP contribution < -0.4 is 10.1 Å². The monoisotopic (exact) mass is 345 g/mol. The number of halogens is 1. The lowest BCUT2D eigenvalue weighted by molar-refractivity contribution is 0.317. The number of ether oxygens (including phenoxy) is 1. The Bertz CT molecular complexity index is 609. The van der Waals surface area contributed by atoms with Crippen molar-refractivity contribution in [1.29, 1.82) is 0 Å². The van der Waals surface area contributed by atoms with Crippen molar-refractivity contribution in [2.45, 2.75) is 32.2 Å². The van der Waals surface area contributed by atoms with Gasteiger partial charge < -0.3 is 10.1 Å². The van der Waals surface area contributed by atoms with Gasteiger partial charge in [-0.15, -0.1) is 0 Å². The van der Waals surface area contributed by atoms with Gasteiger partial charge >= 0.3 is 0 Å². The number of hydrogen-bond donors (Lipinski definition) is 1. The van der Waals surface area contributed by atoms with Gasteiger partial charge in [-0.25, -0.2) is 0 Å². The van der Waals surface area contributed by atoms with Gasteiger partial charge in [0.25, 0.3) is 0 Å². The minimum absolute atomic E-state index is 0.403. The van der Waals surface area contributed by atoms with E-state index in [1.807, 2.05) is 12.1 Å². The van der Waals surface area contributed by atoms with Crippen molar-refractivity contribution in [3.8, 4) is 5.75 Å². The normalized spacial score (nSPS) is 16.6. The number of fused-ring (bicyclic) bond motifs is 1. The molecule has 3 rings (SSSR count). The minimum atomic E-state index is 0.403. The van der Waals surface area contributed by atoms with Gasteiger partial charge in [-0.1, -0.05) is 35.0 Å². The maximum atomic E-state index is 5.62. The number of rotatable bonds is 5. The van der Waals surface area contributed by atoms with Crippen LogP contribution in [0.3, 0.4) is 0 Å². The Morgan fingerprint density at radius 2 is 2.00 bits per heavy atom. The van der Waals surface area contributed by atoms with Crippen molar-refractivity contribution in [3.05, 3.63) is 58.1 Å². The van der Waals surface area contributed by atoms with Gasteiger partial charge in [-0.3, -0.25) is 0 Å². The fraction of sp³-hybridized carbons (Fsp3) is 0.333. The van der Waals surface area contributed by atoms with E-state index < -0.39 is 0 Å². The molecule has 0 spiro atoms. The molecule has 2 nitrogen and oxygen atoms in total. The van der Waals surface area contributed by atoms with E-state index >= 15 is 0 Å². The second kappa shape index (κ2) is 6.52. The molecule has 0 saturated carbocycles. The summed E-state index contributed by atoms with van der Waals surface area (Å²) >= 11 is 3.65. The Balaban J connectivity index is 1.70. The van der Waals surface area contributed by atoms with Crippen LogP contribution in [0.1, 0.15) is 36.9 Å². The first-order valence-corrected chi connectivity index (χ1v) is 8.34. The van der Waals surface area contributed by atoms with Gasteiger partial charge in [0.1, 0.15) is 5.75 Å². The summed E-state index contributed by atoms with van der Waals surface area (Å²) < 4.78 is 6.85. The van der Waals surface area contributed by atoms with E-state index in [4.69, 9.17) is 4.74 Å². The van der Waals surface area contributed by atoms with Crippen LogP contribution in [0.15, 0.2) is 46.9 Å². The van der Waals surface area contributed by atoms with Crippen LogP contribution in [0.5, 0.6) is 5.75 Å². The molecule has 0 bridgehead atoms. The van der Waals surface area contributed by atoms with E-state index in [0.29, 0.717) is 6.04 Å². The molecular formula is C18H20BrNO. The van der Waals surface area contributed by atoms with E-state index in [-0.39, 0.29) is 0 Å². The summed E-state index contributed by atoms with van der Waals surface area (Å²) in [5.41, 5.74) is 4.00. The Morgan fingerprint density at radius 1 is 1.19 bits per heavy atom. The molecule has 0 amide bonds. The second-order valence-corrected chi connectivity index (χ2v) is 6.27. The van der Waals surface area contributed by atoms with Gasteiger partial charge in [0.05, 0.1) is 12.6 Å². The predicted molar refractivity (Wildman–Crippen MR) is 91.1 cm³/mol. The smallest absolute Gasteiger partial charge is 0.119 e. The van der Waals surface area contributed by atoms with Gasteiger partial charge in [-0.2, -0.15) is 0 Å². The molecule has 0 fully saturated rings. The van der Waals surface area contributed by atoms with E-state index in [9.17, 15) is 0 Å². The van der Waals surface area contributed by atoms with Crippen LogP contribution >= 0.6 is 15.9 Å². The Hall–Kier alpha value is -1.48. The molecule has 2 aromatic rings. The van der Waals surface area contributed by atoms with Crippen molar-refractivity contribution in [2.75, 3.05) is 11.9 Å². The lowest BCUT2D eigenvalue weighted by Crippen LogP contribution is -2.07. The molecule has 0 aliphatic heterocycles. The maximum Gasteiger partial charge on any atom is 0.119 e. The average Bonchev–Trinajstić information content (AvgIpc) is 2.91. The molecule has 21 heavy (non-hydrogen) atoms. The molecule has 0 aromatic heterocycles. The molecular weight excluding hydrogens is 326 g/mol. The Labute approximate surface area is 134 Å². The molecule has 110 valence electrons. The molecule has 1 unspecified atom stereocenters. The quantitative estimate of drug-likeness (QED) is 0.789. The zero-order chi connectivity index (χ0) is 14.7. The van der Waals surface area contributed by atoms with E-state index in [1.165, 1.54) is 15.6 Å². The highest BCUT2D eigenvalue weighted by Crippen LogP contribution is 2.37. The van der Waals surface area contributed by atoms with Crippen LogP contribution in [0.4, 0.5) is 5.69 Å². The topological polar surface area (TPSA) is 21.3 Å². The number of hydrogen-bond acceptors (Lipinski definition) is 2. The summed E-state index contributed by atoms with van der Waals surface area (Å²) in [5, 5.41) is 3.63. The third-order valence-corrected chi connectivity index (χ3v) is 4.62. The molecule has 0 heterocycles. The van der Waals surface area contributed by atoms with Gasteiger partial charge in [0.15, 0.2) is 0 Å². The molecule has 1 aliphatic rings. The SMILES string of the molecule is CCCOc1ccc(NC2CCc3c(Br)cccc32)cc1. The zero-order valence-corrected chi connectivity index (χ0v) is 13.8. The maximum absolute atomic E-state index is 5.62. The first-order chi connectivity index (χ1) is 10.3. The Morgan fingerprint density at radius 3 is 2.76 bits per heavy atom. The number of anilines is 1. The number of benzene rings is 2. The van der Waals surface area contributed by atoms with E-state index in [0.717, 1.165) is 37.3 Å². The first kappa shape index (κ1) is 14.5. The summed E-state index contributed by atoms with van der Waals surface area (Å²) in [6, 6.07) is 15.1. The van der Waals surface area contributed by atoms with Gasteiger partial charge in [0, 0.05) is 10.2 Å². The molecule has 3 heteroatoms. The standard InChI is InChI=1S/C18H20BrNO/c1-2-12-21-14-8-6-13(7-9-14)20-18-11-10-15-16(18)4-3-5-17(15)19/h3-9,18,20H,2,10-12H2,1H3. The molecule has 1 N–H and O–H groups in total. The summed E-state index contributed by atoms with van der Waals surface area (Å²) in [6.45, 7) is 2.89. The van der Waals surface area contributed by atoms with E-state index in [2.05, 4.69) is 58.5 Å². The Kier molecular flexibility index (Phi) is 4.49. The molecule has 0 radical (unpaired) electrons. The highest BCUT2D eigenvalue weighted by molar-refractivity contribution is 9.10. The third kappa shape index (κ3) is 3.24. The fourth-order valence-corrected chi connectivity index (χ4v) is 3.41. The largest absolute Gasteiger partial charge is 0.494 e. The molecule has 2 aromatic carbocycles. The van der Waals surface area contributed by atoms with Crippen LogP contribution in [-0.4, -0.2) is 6.61 Å². The van der Waals surface area contributed by atoms with Crippen LogP contribution in [-0.2, 0) is 6.42 Å². The van der Waals surface area contributed by atoms with E-state index in [1.54, 1.807) is 0 Å². The van der Waals surface area contributed by atoms with Gasteiger partial charge in [0.2, 0.25) is 0 Å². The number of nitrogens with one attached hydrogen (secondary N) is 1. The second-order valence-electron chi connectivity index (χ2n) is 5.42. The highest BCUT2D eigenvalue weighted by atomic mass is 79.9. The van der Waals surface area contributed by atoms with Crippen molar-refractivity contribution in [3.63, 3.8) is 0 Å². The summed E-state index contributed by atoms with van der Waals surface area (Å²) in [6.07, 6.45) is 3.31. The summed E-state index contributed by atoms with van der Waals surface area (Å²) in [7, 11) is 0. The van der Waals surface area contributed by atoms with Crippen molar-refractivity contribution < 1.29 is 4.74 Å². The molecule has 1 atom stereocenters. The molecule has 1 aliphatic carbocycles. The minimum Gasteiger partial charge on any atom is -0.494 e. The van der Waals surface area contributed by atoms with Crippen molar-refractivity contribution in [2.24, 2.45) is 0 Å². The van der Waals surface area contributed by atoms with Gasteiger partial charge in [-0.05, 0) is 60.7 Å². The molecule has 0 saturated heterocycles. The average molecular weight is 346 g/mol. The zero-order valence-electron chi connectivity index (χ0n) is 12.2. The fourth-order valence-electron chi connectivity index (χ4n) is 2.83. The van der Waals surface area contributed by atoms with Crippen molar-refractivity contribution >= 4 is 21.6 Å². The summed E-state index contributed by atoms with van der Waals surface area (Å²) in [5.74, 6) is 0.942. The van der Waals surface area contributed by atoms with Crippen LogP contribution in [0.2, 0.25) is 0 Å². The lowest BCUT2D eigenvalue weighted by Gasteiger charge is -2.16. The summed E-state index contributed by atoms with van der Waals surface area (Å²) in [4.78, 5) is 0. The van der Waals surface area contributed by atoms with Crippen molar-refractivity contribution in [1.82, 2.24) is 0 Å².